The maximum absolute atomic E-state index is 7.61. The summed E-state index contributed by atoms with van der Waals surface area (Å²) in [7, 11) is 0. The highest BCUT2D eigenvalue weighted by atomic mass is 15.0. The van der Waals surface area contributed by atoms with Crippen LogP contribution in [-0.4, -0.2) is 15.0 Å². The lowest BCUT2D eigenvalue weighted by Gasteiger charge is -2.21. The average Bonchev–Trinajstić information content (AvgIpc) is 3.54. The van der Waals surface area contributed by atoms with E-state index in [1.54, 1.807) is 0 Å². The van der Waals surface area contributed by atoms with E-state index in [9.17, 15) is 0 Å². The number of fused-ring (bicyclic) bond motifs is 3. The van der Waals surface area contributed by atoms with Gasteiger partial charge in [-0.2, -0.15) is 0 Å². The summed E-state index contributed by atoms with van der Waals surface area (Å²) in [5, 5.41) is 0. The highest BCUT2D eigenvalue weighted by molar-refractivity contribution is 5.87. The Morgan fingerprint density at radius 3 is 1.29 bits per heavy atom. The third-order valence-electron chi connectivity index (χ3n) is 11.5. The first-order valence-electron chi connectivity index (χ1n) is 19.9. The molecule has 0 bridgehead atoms. The predicted molar refractivity (Wildman–Crippen MR) is 242 cm³/mol. The van der Waals surface area contributed by atoms with E-state index in [2.05, 4.69) is 158 Å². The zero-order valence-corrected chi connectivity index (χ0v) is 32.8. The van der Waals surface area contributed by atoms with Crippen molar-refractivity contribution in [2.45, 2.75) is 19.3 Å². The quantitative estimate of drug-likeness (QED) is 0.152. The highest BCUT2D eigenvalue weighted by Gasteiger charge is 2.35. The van der Waals surface area contributed by atoms with Crippen molar-refractivity contribution in [2.24, 2.45) is 0 Å². The van der Waals surface area contributed by atoms with Crippen LogP contribution in [0.15, 0.2) is 194 Å². The monoisotopic (exact) mass is 754 g/mol. The van der Waals surface area contributed by atoms with Crippen LogP contribution in [0.3, 0.4) is 0 Å². The fourth-order valence-electron chi connectivity index (χ4n) is 8.40. The molecule has 8 aromatic carbocycles. The Morgan fingerprint density at radius 1 is 0.339 bits per heavy atom. The van der Waals surface area contributed by atoms with E-state index in [1.807, 2.05) is 54.6 Å². The van der Waals surface area contributed by atoms with Gasteiger partial charge in [0, 0.05) is 22.1 Å². The largest absolute Gasteiger partial charge is 0.238 e. The third kappa shape index (κ3) is 6.69. The van der Waals surface area contributed by atoms with Gasteiger partial charge in [0.15, 0.2) is 23.2 Å². The van der Waals surface area contributed by atoms with E-state index < -0.39 is 0 Å². The van der Waals surface area contributed by atoms with Gasteiger partial charge in [-0.05, 0) is 103 Å². The summed E-state index contributed by atoms with van der Waals surface area (Å²) >= 11 is 0. The van der Waals surface area contributed by atoms with E-state index in [0.717, 1.165) is 66.8 Å². The molecule has 0 N–H and O–H groups in total. The van der Waals surface area contributed by atoms with Gasteiger partial charge in [-0.1, -0.05) is 172 Å². The molecule has 59 heavy (non-hydrogen) atoms. The smallest absolute Gasteiger partial charge is 0.187 e. The Bertz CT molecular complexity index is 3000. The highest BCUT2D eigenvalue weighted by Crippen LogP contribution is 2.50. The number of benzene rings is 8. The molecule has 9 aromatic rings. The number of nitrogens with zero attached hydrogens (tertiary/aromatic N) is 4. The van der Waals surface area contributed by atoms with Crippen molar-refractivity contribution in [3.05, 3.63) is 217 Å². The fraction of sp³-hybridized carbons (Fsp3) is 0.0545. The van der Waals surface area contributed by atoms with Crippen molar-refractivity contribution >= 4 is 5.69 Å². The minimum atomic E-state index is -0.119. The molecule has 1 aliphatic carbocycles. The molecule has 0 atom stereocenters. The van der Waals surface area contributed by atoms with E-state index in [-0.39, 0.29) is 5.41 Å². The summed E-state index contributed by atoms with van der Waals surface area (Å²) < 4.78 is 0. The van der Waals surface area contributed by atoms with Crippen molar-refractivity contribution in [3.63, 3.8) is 0 Å². The second kappa shape index (κ2) is 14.6. The topological polar surface area (TPSA) is 43.0 Å². The van der Waals surface area contributed by atoms with Gasteiger partial charge >= 0.3 is 0 Å². The Morgan fingerprint density at radius 2 is 0.712 bits per heavy atom. The normalized spacial score (nSPS) is 12.4. The minimum absolute atomic E-state index is 0.119. The Balaban J connectivity index is 1.02. The van der Waals surface area contributed by atoms with Crippen LogP contribution in [0.5, 0.6) is 0 Å². The lowest BCUT2D eigenvalue weighted by Crippen LogP contribution is -2.14. The molecule has 1 aliphatic rings. The van der Waals surface area contributed by atoms with Gasteiger partial charge in [-0.25, -0.2) is 19.8 Å². The first kappa shape index (κ1) is 35.7. The Hall–Kier alpha value is -7.74. The second-order valence-electron chi connectivity index (χ2n) is 15.6. The molecule has 1 aromatic heterocycles. The Labute approximate surface area is 345 Å². The van der Waals surface area contributed by atoms with Crippen LogP contribution in [0, 0.1) is 6.57 Å². The summed E-state index contributed by atoms with van der Waals surface area (Å²) in [5.74, 6) is 1.86. The molecule has 0 radical (unpaired) electrons. The first-order valence-corrected chi connectivity index (χ1v) is 19.9. The van der Waals surface area contributed by atoms with Crippen molar-refractivity contribution in [1.29, 1.82) is 0 Å². The van der Waals surface area contributed by atoms with Crippen LogP contribution in [0.1, 0.15) is 25.0 Å². The summed E-state index contributed by atoms with van der Waals surface area (Å²) in [6.45, 7) is 12.1. The van der Waals surface area contributed by atoms with Crippen LogP contribution in [0.4, 0.5) is 5.69 Å². The molecule has 10 rings (SSSR count). The fourth-order valence-corrected chi connectivity index (χ4v) is 8.40. The van der Waals surface area contributed by atoms with Crippen LogP contribution in [0.25, 0.3) is 94.6 Å². The maximum atomic E-state index is 7.61. The molecule has 4 heteroatoms. The molecular formula is C55H38N4. The molecule has 0 aliphatic heterocycles. The SMILES string of the molecule is [C-]#[N+]c1ccc2c(c1)-c1cc(-c3cccc(-c4ccc(-c5nc(-c6ccccc6)nc(-c6cc(-c7ccccc7)cc(-c7ccccc7)c6)n5)cc4)c3)ccc1C2(C)C. The van der Waals surface area contributed by atoms with Gasteiger partial charge in [0.25, 0.3) is 0 Å². The Kier molecular flexibility index (Phi) is 8.85. The second-order valence-corrected chi connectivity index (χ2v) is 15.6. The lowest BCUT2D eigenvalue weighted by atomic mass is 9.82. The van der Waals surface area contributed by atoms with Crippen LogP contribution in [0.2, 0.25) is 0 Å². The minimum Gasteiger partial charge on any atom is -0.238 e. The number of rotatable bonds is 7. The van der Waals surface area contributed by atoms with Gasteiger partial charge in [0.2, 0.25) is 0 Å². The zero-order valence-electron chi connectivity index (χ0n) is 32.8. The standard InChI is InChI=1S/C55H38N4/c1-55(2)50-28-26-43(34-48(50)49-35-47(56-3)27-29-51(49)55)42-21-13-20-41(30-42)38-22-24-40(25-23-38)53-57-52(39-18-11-6-12-19-39)58-54(59-53)46-32-44(36-14-7-4-8-15-36)31-45(33-46)37-16-9-5-10-17-37/h4-35H,1-2H3. The molecule has 0 saturated carbocycles. The van der Waals surface area contributed by atoms with Gasteiger partial charge in [0.1, 0.15) is 0 Å². The van der Waals surface area contributed by atoms with Crippen molar-refractivity contribution < 1.29 is 0 Å². The van der Waals surface area contributed by atoms with E-state index in [0.29, 0.717) is 23.2 Å². The summed E-state index contributed by atoms with van der Waals surface area (Å²) in [5.41, 5.74) is 17.2. The molecule has 0 spiro atoms. The van der Waals surface area contributed by atoms with Gasteiger partial charge in [-0.15, -0.1) is 0 Å². The van der Waals surface area contributed by atoms with Crippen LogP contribution >= 0.6 is 0 Å². The number of aromatic nitrogens is 3. The maximum Gasteiger partial charge on any atom is 0.187 e. The molecule has 0 fully saturated rings. The van der Waals surface area contributed by atoms with Crippen LogP contribution in [-0.2, 0) is 5.41 Å². The summed E-state index contributed by atoms with van der Waals surface area (Å²) in [4.78, 5) is 19.0. The lowest BCUT2D eigenvalue weighted by molar-refractivity contribution is 0.660. The van der Waals surface area contributed by atoms with E-state index in [4.69, 9.17) is 21.5 Å². The van der Waals surface area contributed by atoms with Gasteiger partial charge in [-0.3, -0.25) is 0 Å². The number of hydrogen-bond donors (Lipinski definition) is 0. The molecule has 4 nitrogen and oxygen atoms in total. The van der Waals surface area contributed by atoms with Gasteiger partial charge in [0.05, 0.1) is 6.57 Å². The zero-order chi connectivity index (χ0) is 39.9. The third-order valence-corrected chi connectivity index (χ3v) is 11.5. The molecule has 278 valence electrons. The van der Waals surface area contributed by atoms with Crippen molar-refractivity contribution in [3.8, 4) is 89.8 Å². The van der Waals surface area contributed by atoms with Gasteiger partial charge < -0.3 is 0 Å². The molecule has 0 saturated heterocycles. The van der Waals surface area contributed by atoms with E-state index >= 15 is 0 Å². The van der Waals surface area contributed by atoms with Crippen molar-refractivity contribution in [1.82, 2.24) is 15.0 Å². The molecular weight excluding hydrogens is 717 g/mol. The number of hydrogen-bond acceptors (Lipinski definition) is 3. The summed E-state index contributed by atoms with van der Waals surface area (Å²) in [6, 6.07) is 67.7. The summed E-state index contributed by atoms with van der Waals surface area (Å²) in [6.07, 6.45) is 0. The van der Waals surface area contributed by atoms with Crippen LogP contribution < -0.4 is 0 Å². The molecule has 1 heterocycles. The average molecular weight is 755 g/mol. The van der Waals surface area contributed by atoms with Crippen molar-refractivity contribution in [2.75, 3.05) is 0 Å². The molecule has 0 amide bonds. The van der Waals surface area contributed by atoms with E-state index in [1.165, 1.54) is 16.7 Å². The predicted octanol–water partition coefficient (Wildman–Crippen LogP) is 14.4. The molecule has 0 unspecified atom stereocenters. The first-order chi connectivity index (χ1) is 28.9.